The van der Waals surface area contributed by atoms with Gasteiger partial charge in [0.05, 0.1) is 43.9 Å². The van der Waals surface area contributed by atoms with Gasteiger partial charge in [-0.3, -0.25) is 24.4 Å². The second-order valence-electron chi connectivity index (χ2n) is 27.0. The van der Waals surface area contributed by atoms with Crippen LogP contribution >= 0.6 is 11.8 Å². The van der Waals surface area contributed by atoms with Crippen molar-refractivity contribution < 1.29 is 99.0 Å². The molecule has 0 saturated carbocycles. The van der Waals surface area contributed by atoms with E-state index in [1.165, 1.54) is 135 Å². The summed E-state index contributed by atoms with van der Waals surface area (Å²) in [5, 5.41) is 56.6. The molecule has 0 fully saturated rings. The highest BCUT2D eigenvalue weighted by atomic mass is 32.2. The maximum Gasteiger partial charge on any atom is 0.435 e. The van der Waals surface area contributed by atoms with Gasteiger partial charge in [-0.1, -0.05) is 109 Å². The first-order valence-electron chi connectivity index (χ1n) is 35.6. The number of nitrogens with one attached hydrogen (secondary N) is 6. The van der Waals surface area contributed by atoms with E-state index in [1.807, 2.05) is 30.5 Å². The number of hydrazone groups is 2. The molecule has 3 amide bonds. The normalized spacial score (nSPS) is 14.3. The molecule has 1 aromatic heterocycles. The Balaban J connectivity index is 0.000000186. The summed E-state index contributed by atoms with van der Waals surface area (Å²) in [5.41, 5.74) is 0.0719. The van der Waals surface area contributed by atoms with Crippen LogP contribution in [-0.2, 0) is 55.1 Å². The van der Waals surface area contributed by atoms with Crippen molar-refractivity contribution in [3.63, 3.8) is 0 Å². The van der Waals surface area contributed by atoms with Gasteiger partial charge in [-0.15, -0.1) is 11.8 Å². The number of benzene rings is 9. The summed E-state index contributed by atoms with van der Waals surface area (Å²) in [7, 11) is -9.66. The smallest absolute Gasteiger partial charge is 0.435 e. The molecule has 9 N–H and O–H groups in total. The van der Waals surface area contributed by atoms with Crippen molar-refractivity contribution in [3.8, 4) is 39.1 Å². The Morgan fingerprint density at radius 3 is 1.18 bits per heavy atom. The Bertz CT molecular complexity index is 5670. The molecule has 10 aromatic rings. The van der Waals surface area contributed by atoms with Crippen LogP contribution in [0.25, 0.3) is 39.1 Å². The summed E-state index contributed by atoms with van der Waals surface area (Å²) in [4.78, 5) is 40.4. The SMILES string of the molecule is CB(O)NCc1cccc(-n2nc(C(F)(F)F)cc2C(=O)Nc2ccc(-c3ccccc3S(C)(=O)=O)cc2F)c1.CB(O)NCc1cccc(N2N=C(C(F)(F)F)CC2C(=O)Nc2ccc(-c3ccccc3S(C)(=O)=O)cc2F)c1.CSc1ccccc1-c1ccc(NC(=O)C2CC(C(F)(F)F)=NN2c2cccc(CNB(C)O)c2)c(F)c1. The summed E-state index contributed by atoms with van der Waals surface area (Å²) in [6, 6.07) is 47.8. The molecule has 22 nitrogen and oxygen atoms in total. The van der Waals surface area contributed by atoms with E-state index in [0.29, 0.717) is 28.3 Å². The van der Waals surface area contributed by atoms with Crippen molar-refractivity contribution in [2.45, 2.75) is 98.2 Å². The zero-order chi connectivity index (χ0) is 85.9. The largest absolute Gasteiger partial charge is 0.437 e. The average molecular weight is 1700 g/mol. The predicted octanol–water partition coefficient (Wildman–Crippen LogP) is 14.3. The van der Waals surface area contributed by atoms with Gasteiger partial charge >= 0.3 is 39.7 Å². The molecule has 40 heteroatoms. The lowest BCUT2D eigenvalue weighted by atomic mass is 9.88. The number of rotatable bonds is 24. The lowest BCUT2D eigenvalue weighted by Crippen LogP contribution is -2.39. The summed E-state index contributed by atoms with van der Waals surface area (Å²) < 4.78 is 216. The highest BCUT2D eigenvalue weighted by Gasteiger charge is 2.48. The average Bonchev–Trinajstić information content (AvgIpc) is 1.59. The van der Waals surface area contributed by atoms with E-state index >= 15 is 13.2 Å². The minimum Gasteiger partial charge on any atom is -0.437 e. The van der Waals surface area contributed by atoms with Crippen LogP contribution in [0.15, 0.2) is 231 Å². The zero-order valence-electron chi connectivity index (χ0n) is 63.2. The number of carbonyl (C=O) groups excluding carboxylic acids is 3. The van der Waals surface area contributed by atoms with Crippen LogP contribution < -0.4 is 41.7 Å². The van der Waals surface area contributed by atoms with E-state index in [0.717, 1.165) is 49.8 Å². The number of anilines is 5. The predicted molar refractivity (Wildman–Crippen MR) is 431 cm³/mol. The summed E-state index contributed by atoms with van der Waals surface area (Å²) in [6.07, 6.45) is -11.8. The molecular weight excluding hydrogens is 1620 g/mol. The van der Waals surface area contributed by atoms with E-state index < -0.39 is 142 Å². The Morgan fingerprint density at radius 2 is 0.814 bits per heavy atom. The number of alkyl halides is 9. The number of thioether (sulfide) groups is 1. The monoisotopic (exact) mass is 1690 g/mol. The molecule has 0 saturated heterocycles. The molecule has 12 rings (SSSR count). The molecule has 2 unspecified atom stereocenters. The maximum absolute atomic E-state index is 15.1. The Morgan fingerprint density at radius 1 is 0.458 bits per heavy atom. The number of hydrogen-bond donors (Lipinski definition) is 9. The highest BCUT2D eigenvalue weighted by Crippen LogP contribution is 2.39. The number of halogens is 12. The first-order valence-corrected chi connectivity index (χ1v) is 40.7. The van der Waals surface area contributed by atoms with Gasteiger partial charge in [-0.05, 0) is 157 Å². The van der Waals surface area contributed by atoms with Crippen LogP contribution in [0.2, 0.25) is 20.5 Å². The molecule has 9 aromatic carbocycles. The second-order valence-corrected chi connectivity index (χ2v) is 31.8. The van der Waals surface area contributed by atoms with Gasteiger partial charge in [-0.25, -0.2) is 34.7 Å². The Labute approximate surface area is 675 Å². The molecule has 0 spiro atoms. The zero-order valence-corrected chi connectivity index (χ0v) is 65.6. The maximum atomic E-state index is 15.1. The highest BCUT2D eigenvalue weighted by molar-refractivity contribution is 7.98. The standard InChI is InChI=1S/C26H25BF4N4O4S.C26H23BF4N4O4S.C26H25BF4N4O2S/c2*1-27(37)32-15-16-6-5-7-18(12-16)35-22(14-24(34-35)26(29,30)31)25(36)33-21-11-10-17(13-20(21)28)19-8-3-4-9-23(19)40(2,38)39;1-27(37)32-15-16-6-5-7-18(12-16)35-22(14-24(34-35)26(29,30)31)25(36)33-21-11-10-17(13-20(21)28)19-8-3-4-9-23(19)38-2/h3-13,22,32,37H,14-15H2,1-2H3,(H,33,36);3-14,32,37H,15H2,1-2H3,(H,33,36);3-13,22,32,37H,14-15H2,1-2H3,(H,33,36). The lowest BCUT2D eigenvalue weighted by Gasteiger charge is -2.23. The van der Waals surface area contributed by atoms with Crippen molar-refractivity contribution in [1.82, 2.24) is 25.5 Å². The van der Waals surface area contributed by atoms with E-state index in [9.17, 15) is 85.8 Å². The van der Waals surface area contributed by atoms with Gasteiger partial charge in [0.25, 0.3) is 5.91 Å². The van der Waals surface area contributed by atoms with Crippen molar-refractivity contribution in [2.75, 3.05) is 44.7 Å². The van der Waals surface area contributed by atoms with Crippen LogP contribution in [0, 0.1) is 17.5 Å². The van der Waals surface area contributed by atoms with Gasteiger partial charge in [0.15, 0.2) is 25.4 Å². The molecule has 616 valence electrons. The minimum atomic E-state index is -4.86. The van der Waals surface area contributed by atoms with Crippen molar-refractivity contribution in [2.24, 2.45) is 10.2 Å². The molecule has 0 radical (unpaired) electrons. The van der Waals surface area contributed by atoms with Gasteiger partial charge in [0.2, 0.25) is 11.8 Å². The molecule has 0 bridgehead atoms. The minimum absolute atomic E-state index is 0.00418. The number of hydrogen-bond acceptors (Lipinski definition) is 19. The lowest BCUT2D eigenvalue weighted by molar-refractivity contribution is -0.141. The third-order valence-electron chi connectivity index (χ3n) is 17.9. The van der Waals surface area contributed by atoms with Gasteiger partial charge in [0.1, 0.15) is 46.7 Å². The number of sulfone groups is 2. The molecule has 3 heterocycles. The first-order chi connectivity index (χ1) is 55.5. The Kier molecular flexibility index (Phi) is 28.5. The number of nitrogens with zero attached hydrogens (tertiary/aromatic N) is 6. The summed E-state index contributed by atoms with van der Waals surface area (Å²) in [6.45, 7) is 5.22. The summed E-state index contributed by atoms with van der Waals surface area (Å²) >= 11 is 1.51. The van der Waals surface area contributed by atoms with Crippen molar-refractivity contribution in [1.29, 1.82) is 0 Å². The van der Waals surface area contributed by atoms with Gasteiger partial charge in [-0.2, -0.15) is 54.8 Å². The molecule has 118 heavy (non-hydrogen) atoms. The summed E-state index contributed by atoms with van der Waals surface area (Å²) in [5.74, 6) is -5.34. The van der Waals surface area contributed by atoms with Crippen LogP contribution in [0.1, 0.15) is 45.7 Å². The van der Waals surface area contributed by atoms with Crippen LogP contribution in [-0.4, -0.2) is 135 Å². The topological polar surface area (TPSA) is 301 Å². The van der Waals surface area contributed by atoms with Crippen molar-refractivity contribution >= 4 is 110 Å². The number of carbonyl (C=O) groups is 3. The van der Waals surface area contributed by atoms with E-state index in [4.69, 9.17) is 0 Å². The van der Waals surface area contributed by atoms with Crippen LogP contribution in [0.4, 0.5) is 81.1 Å². The fourth-order valence-corrected chi connectivity index (χ4v) is 14.7. The molecule has 2 atom stereocenters. The fraction of sp³-hybridized carbons (Fsp3) is 0.205. The van der Waals surface area contributed by atoms with Gasteiger partial charge < -0.3 is 46.7 Å². The molecule has 2 aliphatic rings. The first kappa shape index (κ1) is 89.3. The third kappa shape index (κ3) is 23.0. The third-order valence-corrected chi connectivity index (χ3v) is 21.0. The van der Waals surface area contributed by atoms with E-state index in [1.54, 1.807) is 60.7 Å². The quantitative estimate of drug-likeness (QED) is 0.0154. The second kappa shape index (κ2) is 37.7. The van der Waals surface area contributed by atoms with E-state index in [-0.39, 0.29) is 85.8 Å². The van der Waals surface area contributed by atoms with Crippen LogP contribution in [0.3, 0.4) is 0 Å². The van der Waals surface area contributed by atoms with E-state index in [2.05, 4.69) is 46.9 Å². The molecule has 2 aliphatic heterocycles. The number of amides is 3. The number of aromatic nitrogens is 2. The van der Waals surface area contributed by atoms with Gasteiger partial charge in [0, 0.05) is 67.1 Å². The van der Waals surface area contributed by atoms with Crippen LogP contribution in [0.5, 0.6) is 0 Å². The fourth-order valence-electron chi connectivity index (χ4n) is 12.2. The molecule has 0 aliphatic carbocycles. The van der Waals surface area contributed by atoms with Crippen molar-refractivity contribution in [3.05, 3.63) is 252 Å². The molecular formula is C78H73B3F12N12O10S3. The Hall–Kier alpha value is -11.1.